The van der Waals surface area contributed by atoms with Crippen molar-refractivity contribution in [3.63, 3.8) is 0 Å². The molecule has 0 aliphatic heterocycles. The number of benzene rings is 1. The summed E-state index contributed by atoms with van der Waals surface area (Å²) in [5.41, 5.74) is 0.781. The Kier molecular flexibility index (Phi) is 3.98. The Labute approximate surface area is 105 Å². The van der Waals surface area contributed by atoms with Gasteiger partial charge in [-0.15, -0.1) is 0 Å². The predicted octanol–water partition coefficient (Wildman–Crippen LogP) is 4.04. The number of hydrogen-bond donors (Lipinski definition) is 1. The first-order valence-electron chi connectivity index (χ1n) is 5.83. The zero-order valence-electron chi connectivity index (χ0n) is 9.47. The fourth-order valence-electron chi connectivity index (χ4n) is 2.25. The molecule has 0 spiro atoms. The zero-order chi connectivity index (χ0) is 11.5. The van der Waals surface area contributed by atoms with E-state index < -0.39 is 0 Å². The maximum atomic E-state index is 13.9. The van der Waals surface area contributed by atoms with E-state index in [0.717, 1.165) is 17.9 Å². The van der Waals surface area contributed by atoms with Gasteiger partial charge in [0, 0.05) is 11.6 Å². The number of nitrogens with one attached hydrogen (secondary N) is 1. The molecule has 16 heavy (non-hydrogen) atoms. The van der Waals surface area contributed by atoms with Crippen LogP contribution in [0.2, 0.25) is 0 Å². The van der Waals surface area contributed by atoms with Crippen LogP contribution in [0.1, 0.15) is 37.3 Å². The smallest absolute Gasteiger partial charge is 0.142 e. The Hall–Kier alpha value is -0.410. The average Bonchev–Trinajstić information content (AvgIpc) is 2.22. The van der Waals surface area contributed by atoms with Gasteiger partial charge in [-0.25, -0.2) is 4.39 Å². The van der Waals surface area contributed by atoms with Crippen LogP contribution in [0.25, 0.3) is 0 Å². The monoisotopic (exact) mass is 285 g/mol. The Bertz CT molecular complexity index is 363. The highest BCUT2D eigenvalue weighted by Crippen LogP contribution is 2.36. The van der Waals surface area contributed by atoms with E-state index in [1.54, 1.807) is 6.07 Å². The lowest BCUT2D eigenvalue weighted by atomic mass is 9.79. The first-order chi connectivity index (χ1) is 7.72. The lowest BCUT2D eigenvalue weighted by molar-refractivity contribution is 0.263. The molecule has 2 rings (SSSR count). The van der Waals surface area contributed by atoms with Gasteiger partial charge in [-0.3, -0.25) is 0 Å². The van der Waals surface area contributed by atoms with Crippen molar-refractivity contribution >= 4 is 15.9 Å². The molecular formula is C13H17BrFN. The second-order valence-corrected chi connectivity index (χ2v) is 5.37. The summed E-state index contributed by atoms with van der Waals surface area (Å²) < 4.78 is 14.5. The molecule has 1 nitrogen and oxygen atoms in total. The fourth-order valence-corrected chi connectivity index (χ4v) is 2.63. The van der Waals surface area contributed by atoms with Crippen molar-refractivity contribution in [2.75, 3.05) is 7.05 Å². The van der Waals surface area contributed by atoms with E-state index in [1.165, 1.54) is 19.3 Å². The van der Waals surface area contributed by atoms with E-state index in [4.69, 9.17) is 0 Å². The molecule has 88 valence electrons. The predicted molar refractivity (Wildman–Crippen MR) is 67.9 cm³/mol. The Balaban J connectivity index is 2.15. The molecule has 1 fully saturated rings. The maximum Gasteiger partial charge on any atom is 0.142 e. The van der Waals surface area contributed by atoms with Crippen LogP contribution < -0.4 is 5.32 Å². The number of rotatable bonds is 4. The molecule has 1 aliphatic rings. The molecule has 0 bridgehead atoms. The number of hydrogen-bond acceptors (Lipinski definition) is 1. The van der Waals surface area contributed by atoms with Crippen LogP contribution in [0.15, 0.2) is 22.7 Å². The van der Waals surface area contributed by atoms with Crippen molar-refractivity contribution in [3.05, 3.63) is 34.1 Å². The minimum atomic E-state index is -0.124. The minimum Gasteiger partial charge on any atom is -0.313 e. The Morgan fingerprint density at radius 1 is 1.50 bits per heavy atom. The summed E-state index contributed by atoms with van der Waals surface area (Å²) in [6.07, 6.45) is 4.98. The van der Waals surface area contributed by atoms with Gasteiger partial charge in [-0.2, -0.15) is 0 Å². The molecule has 0 saturated heterocycles. The van der Waals surface area contributed by atoms with Crippen LogP contribution in [-0.2, 0) is 0 Å². The summed E-state index contributed by atoms with van der Waals surface area (Å²) in [7, 11) is 1.91. The molecular weight excluding hydrogens is 269 g/mol. The summed E-state index contributed by atoms with van der Waals surface area (Å²) in [6.45, 7) is 0. The van der Waals surface area contributed by atoms with E-state index in [1.807, 2.05) is 19.2 Å². The third kappa shape index (κ3) is 2.46. The SMILES string of the molecule is CNC(CC1CCC1)c1cccc(Br)c1F. The summed E-state index contributed by atoms with van der Waals surface area (Å²) in [5, 5.41) is 3.22. The van der Waals surface area contributed by atoms with Crippen molar-refractivity contribution in [1.82, 2.24) is 5.32 Å². The third-order valence-corrected chi connectivity index (χ3v) is 4.11. The lowest BCUT2D eigenvalue weighted by Crippen LogP contribution is -2.24. The Morgan fingerprint density at radius 3 is 2.81 bits per heavy atom. The van der Waals surface area contributed by atoms with Crippen LogP contribution in [0.5, 0.6) is 0 Å². The van der Waals surface area contributed by atoms with Crippen molar-refractivity contribution in [2.45, 2.75) is 31.7 Å². The largest absolute Gasteiger partial charge is 0.313 e. The summed E-state index contributed by atoms with van der Waals surface area (Å²) in [5.74, 6) is 0.650. The van der Waals surface area contributed by atoms with E-state index in [-0.39, 0.29) is 11.9 Å². The Morgan fingerprint density at radius 2 is 2.25 bits per heavy atom. The van der Waals surface area contributed by atoms with Gasteiger partial charge in [0.15, 0.2) is 0 Å². The highest BCUT2D eigenvalue weighted by molar-refractivity contribution is 9.10. The summed E-state index contributed by atoms with van der Waals surface area (Å²) >= 11 is 3.24. The van der Waals surface area contributed by atoms with Crippen LogP contribution in [0.3, 0.4) is 0 Å². The van der Waals surface area contributed by atoms with Gasteiger partial charge >= 0.3 is 0 Å². The van der Waals surface area contributed by atoms with E-state index in [9.17, 15) is 4.39 Å². The van der Waals surface area contributed by atoms with Gasteiger partial charge < -0.3 is 5.32 Å². The second-order valence-electron chi connectivity index (χ2n) is 4.52. The molecule has 3 heteroatoms. The van der Waals surface area contributed by atoms with Gasteiger partial charge in [0.05, 0.1) is 4.47 Å². The molecule has 0 heterocycles. The average molecular weight is 286 g/mol. The van der Waals surface area contributed by atoms with Gasteiger partial charge in [0.25, 0.3) is 0 Å². The molecule has 1 atom stereocenters. The summed E-state index contributed by atoms with van der Waals surface area (Å²) in [6, 6.07) is 5.66. The molecule has 1 aliphatic carbocycles. The van der Waals surface area contributed by atoms with Crippen LogP contribution >= 0.6 is 15.9 Å². The molecule has 0 radical (unpaired) electrons. The van der Waals surface area contributed by atoms with Gasteiger partial charge in [-0.05, 0) is 41.4 Å². The van der Waals surface area contributed by atoms with Crippen LogP contribution in [-0.4, -0.2) is 7.05 Å². The van der Waals surface area contributed by atoms with Crippen molar-refractivity contribution < 1.29 is 4.39 Å². The molecule has 1 N–H and O–H groups in total. The first-order valence-corrected chi connectivity index (χ1v) is 6.63. The van der Waals surface area contributed by atoms with Crippen LogP contribution in [0.4, 0.5) is 4.39 Å². The van der Waals surface area contributed by atoms with Crippen molar-refractivity contribution in [3.8, 4) is 0 Å². The van der Waals surface area contributed by atoms with Crippen molar-refractivity contribution in [2.24, 2.45) is 5.92 Å². The topological polar surface area (TPSA) is 12.0 Å². The lowest BCUT2D eigenvalue weighted by Gasteiger charge is -2.30. The van der Waals surface area contributed by atoms with E-state index in [2.05, 4.69) is 21.2 Å². The molecule has 0 aromatic heterocycles. The summed E-state index contributed by atoms with van der Waals surface area (Å²) in [4.78, 5) is 0. The zero-order valence-corrected chi connectivity index (χ0v) is 11.1. The highest BCUT2D eigenvalue weighted by Gasteiger charge is 2.24. The molecule has 0 amide bonds. The molecule has 1 aromatic rings. The van der Waals surface area contributed by atoms with Gasteiger partial charge in [-0.1, -0.05) is 31.4 Å². The maximum absolute atomic E-state index is 13.9. The van der Waals surface area contributed by atoms with Gasteiger partial charge in [0.1, 0.15) is 5.82 Å². The normalized spacial score (nSPS) is 18.2. The molecule has 1 aromatic carbocycles. The standard InChI is InChI=1S/C13H17BrFN/c1-16-12(8-9-4-2-5-9)10-6-3-7-11(14)13(10)15/h3,6-7,9,12,16H,2,4-5,8H2,1H3. The van der Waals surface area contributed by atoms with E-state index >= 15 is 0 Å². The van der Waals surface area contributed by atoms with Crippen LogP contribution in [0, 0.1) is 11.7 Å². The molecule has 1 saturated carbocycles. The third-order valence-electron chi connectivity index (χ3n) is 3.50. The van der Waals surface area contributed by atoms with E-state index in [0.29, 0.717) is 4.47 Å². The quantitative estimate of drug-likeness (QED) is 0.881. The second kappa shape index (κ2) is 5.28. The first kappa shape index (κ1) is 12.1. The van der Waals surface area contributed by atoms with Gasteiger partial charge in [0.2, 0.25) is 0 Å². The fraction of sp³-hybridized carbons (Fsp3) is 0.538. The molecule has 1 unspecified atom stereocenters. The minimum absolute atomic E-state index is 0.124. The highest BCUT2D eigenvalue weighted by atomic mass is 79.9. The van der Waals surface area contributed by atoms with Crippen molar-refractivity contribution in [1.29, 1.82) is 0 Å². The number of halogens is 2.